The van der Waals surface area contributed by atoms with Gasteiger partial charge in [0.25, 0.3) is 0 Å². The van der Waals surface area contributed by atoms with Gasteiger partial charge in [0, 0.05) is 0 Å². The van der Waals surface area contributed by atoms with Crippen molar-refractivity contribution in [3.63, 3.8) is 0 Å². The highest BCUT2D eigenvalue weighted by molar-refractivity contribution is 6.03. The first kappa shape index (κ1) is 16.3. The van der Waals surface area contributed by atoms with Crippen molar-refractivity contribution < 1.29 is 9.53 Å². The highest BCUT2D eigenvalue weighted by Crippen LogP contribution is 2.48. The summed E-state index contributed by atoms with van der Waals surface area (Å²) < 4.78 is 5.40. The molecule has 0 saturated heterocycles. The Balaban J connectivity index is 1.79. The predicted octanol–water partition coefficient (Wildman–Crippen LogP) is 3.05. The molecule has 1 amide bonds. The van der Waals surface area contributed by atoms with Gasteiger partial charge in [-0.25, -0.2) is 0 Å². The van der Waals surface area contributed by atoms with Gasteiger partial charge in [0.15, 0.2) is 0 Å². The summed E-state index contributed by atoms with van der Waals surface area (Å²) in [5, 5.41) is 3.19. The first-order valence-electron chi connectivity index (χ1n) is 9.39. The van der Waals surface area contributed by atoms with Crippen molar-refractivity contribution in [3.8, 4) is 5.75 Å². The normalized spacial score (nSPS) is 28.8. The molecule has 2 atom stereocenters. The van der Waals surface area contributed by atoms with E-state index in [0.717, 1.165) is 28.0 Å². The number of methoxy groups -OCH3 is 1. The van der Waals surface area contributed by atoms with Gasteiger partial charge in [0.05, 0.1) is 7.11 Å². The zero-order valence-corrected chi connectivity index (χ0v) is 15.2. The fraction of sp³-hybridized carbons (Fsp3) is 0.261. The van der Waals surface area contributed by atoms with Crippen LogP contribution in [0.1, 0.15) is 18.4 Å². The van der Waals surface area contributed by atoms with E-state index in [4.69, 9.17) is 10.5 Å². The number of hydrogen-bond acceptors (Lipinski definition) is 3. The average Bonchev–Trinajstić information content (AvgIpc) is 3.53. The largest absolute Gasteiger partial charge is 0.497 e. The molecule has 1 aromatic rings. The molecule has 1 aromatic carbocycles. The van der Waals surface area contributed by atoms with Crippen molar-refractivity contribution in [1.82, 2.24) is 5.32 Å². The maximum Gasteiger partial charge on any atom is 0.242 e. The molecule has 4 nitrogen and oxygen atoms in total. The SMILES string of the molecule is COc1cccc(C2=C3C=C(C4CC4)C=C4C=CC=CC43NC(=O)C2N)c1. The van der Waals surface area contributed by atoms with Gasteiger partial charge >= 0.3 is 0 Å². The molecule has 136 valence electrons. The first-order chi connectivity index (χ1) is 13.1. The number of nitrogens with two attached hydrogens (primary N) is 1. The molecule has 1 heterocycles. The lowest BCUT2D eigenvalue weighted by atomic mass is 9.68. The van der Waals surface area contributed by atoms with Gasteiger partial charge in [-0.2, -0.15) is 0 Å². The molecule has 4 heteroatoms. The van der Waals surface area contributed by atoms with Gasteiger partial charge in [-0.15, -0.1) is 0 Å². The molecule has 1 spiro atoms. The van der Waals surface area contributed by atoms with Crippen LogP contribution in [-0.2, 0) is 4.79 Å². The fourth-order valence-corrected chi connectivity index (χ4v) is 4.32. The summed E-state index contributed by atoms with van der Waals surface area (Å²) in [5.41, 5.74) is 11.1. The highest BCUT2D eigenvalue weighted by atomic mass is 16.5. The molecule has 27 heavy (non-hydrogen) atoms. The summed E-state index contributed by atoms with van der Waals surface area (Å²) in [4.78, 5) is 12.9. The molecular weight excluding hydrogens is 336 g/mol. The van der Waals surface area contributed by atoms with Crippen LogP contribution in [0.15, 0.2) is 77.4 Å². The highest BCUT2D eigenvalue weighted by Gasteiger charge is 2.47. The maximum atomic E-state index is 12.9. The van der Waals surface area contributed by atoms with Crippen LogP contribution in [0.25, 0.3) is 5.57 Å². The van der Waals surface area contributed by atoms with E-state index in [1.165, 1.54) is 18.4 Å². The van der Waals surface area contributed by atoms with E-state index in [0.29, 0.717) is 5.92 Å². The van der Waals surface area contributed by atoms with E-state index in [1.54, 1.807) is 7.11 Å². The minimum absolute atomic E-state index is 0.161. The van der Waals surface area contributed by atoms with Gasteiger partial charge in [-0.1, -0.05) is 48.6 Å². The molecule has 2 unspecified atom stereocenters. The van der Waals surface area contributed by atoms with E-state index in [2.05, 4.69) is 29.6 Å². The molecule has 0 bridgehead atoms. The van der Waals surface area contributed by atoms with E-state index in [9.17, 15) is 4.79 Å². The minimum Gasteiger partial charge on any atom is -0.497 e. The summed E-state index contributed by atoms with van der Waals surface area (Å²) in [6.45, 7) is 0. The third kappa shape index (κ3) is 2.44. The van der Waals surface area contributed by atoms with Gasteiger partial charge in [0.1, 0.15) is 17.3 Å². The number of allylic oxidation sites excluding steroid dienone is 4. The topological polar surface area (TPSA) is 64.3 Å². The number of carbonyl (C=O) groups is 1. The second-order valence-corrected chi connectivity index (χ2v) is 7.57. The number of hydrogen-bond donors (Lipinski definition) is 2. The Hall–Kier alpha value is -2.85. The quantitative estimate of drug-likeness (QED) is 0.873. The lowest BCUT2D eigenvalue weighted by Gasteiger charge is -2.45. The Morgan fingerprint density at radius 2 is 2.07 bits per heavy atom. The Morgan fingerprint density at radius 3 is 2.85 bits per heavy atom. The van der Waals surface area contributed by atoms with Gasteiger partial charge in [-0.3, -0.25) is 4.79 Å². The monoisotopic (exact) mass is 358 g/mol. The van der Waals surface area contributed by atoms with Crippen LogP contribution in [0, 0.1) is 5.92 Å². The fourth-order valence-electron chi connectivity index (χ4n) is 4.32. The molecule has 4 aliphatic rings. The standard InChI is InChI=1S/C23H22N2O2/c1-27-18-7-4-5-15(12-18)20-19-13-16(14-8-9-14)11-17-6-2-3-10-23(17,19)25-22(26)21(20)24/h2-7,10-14,21H,8-9,24H2,1H3,(H,25,26). The second kappa shape index (κ2) is 5.83. The number of rotatable bonds is 3. The zero-order chi connectivity index (χ0) is 18.6. The van der Waals surface area contributed by atoms with Crippen molar-refractivity contribution >= 4 is 11.5 Å². The van der Waals surface area contributed by atoms with Crippen LogP contribution < -0.4 is 15.8 Å². The number of nitrogens with one attached hydrogen (secondary N) is 1. The Morgan fingerprint density at radius 1 is 1.22 bits per heavy atom. The molecule has 1 aliphatic heterocycles. The number of benzene rings is 1. The van der Waals surface area contributed by atoms with Gasteiger partial charge in [-0.05, 0) is 58.7 Å². The van der Waals surface area contributed by atoms with E-state index in [-0.39, 0.29) is 5.91 Å². The van der Waals surface area contributed by atoms with E-state index < -0.39 is 11.6 Å². The Labute approximate surface area is 158 Å². The number of carbonyl (C=O) groups excluding carboxylic acids is 1. The number of ether oxygens (including phenoxy) is 1. The van der Waals surface area contributed by atoms with Crippen molar-refractivity contribution in [2.75, 3.05) is 7.11 Å². The van der Waals surface area contributed by atoms with Crippen molar-refractivity contribution in [2.45, 2.75) is 24.4 Å². The Kier molecular flexibility index (Phi) is 3.52. The summed E-state index contributed by atoms with van der Waals surface area (Å²) in [7, 11) is 1.65. The summed E-state index contributed by atoms with van der Waals surface area (Å²) in [6, 6.07) is 7.09. The summed E-state index contributed by atoms with van der Waals surface area (Å²) in [6.07, 6.45) is 15.1. The van der Waals surface area contributed by atoms with Crippen molar-refractivity contribution in [3.05, 3.63) is 83.0 Å². The third-order valence-corrected chi connectivity index (χ3v) is 5.88. The van der Waals surface area contributed by atoms with Gasteiger partial charge < -0.3 is 15.8 Å². The molecule has 5 rings (SSSR count). The lowest BCUT2D eigenvalue weighted by molar-refractivity contribution is -0.122. The molecule has 1 saturated carbocycles. The van der Waals surface area contributed by atoms with E-state index in [1.807, 2.05) is 36.4 Å². The lowest BCUT2D eigenvalue weighted by Crippen LogP contribution is -2.60. The van der Waals surface area contributed by atoms with Crippen LogP contribution in [0.4, 0.5) is 0 Å². The maximum absolute atomic E-state index is 12.9. The minimum atomic E-state index is -0.715. The molecule has 1 fully saturated rings. The molecule has 3 aliphatic carbocycles. The Bertz CT molecular complexity index is 991. The average molecular weight is 358 g/mol. The predicted molar refractivity (Wildman–Crippen MR) is 106 cm³/mol. The van der Waals surface area contributed by atoms with Crippen LogP contribution in [0.3, 0.4) is 0 Å². The van der Waals surface area contributed by atoms with Crippen LogP contribution in [0.5, 0.6) is 5.75 Å². The van der Waals surface area contributed by atoms with E-state index >= 15 is 0 Å². The molecular formula is C23H22N2O2. The van der Waals surface area contributed by atoms with Crippen LogP contribution >= 0.6 is 0 Å². The summed E-state index contributed by atoms with van der Waals surface area (Å²) >= 11 is 0. The smallest absolute Gasteiger partial charge is 0.242 e. The zero-order valence-electron chi connectivity index (χ0n) is 15.2. The third-order valence-electron chi connectivity index (χ3n) is 5.88. The number of amides is 1. The molecule has 3 N–H and O–H groups in total. The van der Waals surface area contributed by atoms with Gasteiger partial charge in [0.2, 0.25) is 5.91 Å². The first-order valence-corrected chi connectivity index (χ1v) is 9.39. The van der Waals surface area contributed by atoms with Crippen LogP contribution in [0.2, 0.25) is 0 Å². The molecule has 0 radical (unpaired) electrons. The summed E-state index contributed by atoms with van der Waals surface area (Å²) in [5.74, 6) is 1.21. The molecule has 0 aromatic heterocycles. The van der Waals surface area contributed by atoms with Crippen molar-refractivity contribution in [1.29, 1.82) is 0 Å². The van der Waals surface area contributed by atoms with Crippen molar-refractivity contribution in [2.24, 2.45) is 11.7 Å². The van der Waals surface area contributed by atoms with Crippen LogP contribution in [-0.4, -0.2) is 24.6 Å². The second-order valence-electron chi connectivity index (χ2n) is 7.57.